The topological polar surface area (TPSA) is 40.5 Å². The van der Waals surface area contributed by atoms with Gasteiger partial charge >= 0.3 is 0 Å². The first kappa shape index (κ1) is 18.9. The molecule has 0 aliphatic heterocycles. The Morgan fingerprint density at radius 2 is 1.90 bits per heavy atom. The van der Waals surface area contributed by atoms with E-state index in [4.69, 9.17) is 0 Å². The molecule has 0 aliphatic carbocycles. The summed E-state index contributed by atoms with van der Waals surface area (Å²) < 4.78 is 0. The number of nitrogens with zero attached hydrogens (tertiary/aromatic N) is 1. The van der Waals surface area contributed by atoms with Crippen LogP contribution in [0.4, 0.5) is 0 Å². The second-order valence-corrected chi connectivity index (χ2v) is 5.89. The zero-order valence-electron chi connectivity index (χ0n) is 13.8. The Kier molecular flexibility index (Phi) is 9.23. The van der Waals surface area contributed by atoms with Gasteiger partial charge in [0.15, 0.2) is 0 Å². The van der Waals surface area contributed by atoms with E-state index < -0.39 is 0 Å². The monoisotopic (exact) mass is 281 g/mol. The maximum absolute atomic E-state index is 11.9. The zero-order chi connectivity index (χ0) is 15.7. The van der Waals surface area contributed by atoms with Gasteiger partial charge in [0.25, 0.3) is 0 Å². The summed E-state index contributed by atoms with van der Waals surface area (Å²) in [5.74, 6) is 0.674. The van der Waals surface area contributed by atoms with E-state index in [1.54, 1.807) is 4.90 Å². The molecule has 0 fully saturated rings. The maximum Gasteiger partial charge on any atom is 0.248 e. The molecule has 0 aliphatic rings. The van der Waals surface area contributed by atoms with Gasteiger partial charge in [0.1, 0.15) is 0 Å². The number of carbonyl (C=O) groups excluding carboxylic acids is 1. The van der Waals surface area contributed by atoms with Crippen molar-refractivity contribution in [3.05, 3.63) is 23.8 Å². The van der Waals surface area contributed by atoms with Crippen LogP contribution in [0.2, 0.25) is 0 Å². The van der Waals surface area contributed by atoms with Crippen molar-refractivity contribution < 1.29 is 9.90 Å². The molecule has 0 spiro atoms. The first-order chi connectivity index (χ1) is 9.29. The maximum atomic E-state index is 11.9. The van der Waals surface area contributed by atoms with Crippen LogP contribution in [0.3, 0.4) is 0 Å². The smallest absolute Gasteiger partial charge is 0.248 e. The van der Waals surface area contributed by atoms with Gasteiger partial charge in [-0.2, -0.15) is 0 Å². The third-order valence-corrected chi connectivity index (χ3v) is 3.81. The molecule has 0 radical (unpaired) electrons. The minimum atomic E-state index is -0.376. The number of carbonyl (C=O) groups is 1. The van der Waals surface area contributed by atoms with E-state index in [1.807, 2.05) is 33.9 Å². The summed E-state index contributed by atoms with van der Waals surface area (Å²) in [6.07, 6.45) is 5.33. The van der Waals surface area contributed by atoms with Gasteiger partial charge in [-0.15, -0.1) is 0 Å². The van der Waals surface area contributed by atoms with Gasteiger partial charge in [0, 0.05) is 19.2 Å². The summed E-state index contributed by atoms with van der Waals surface area (Å²) >= 11 is 0. The van der Waals surface area contributed by atoms with Crippen LogP contribution in [0.25, 0.3) is 0 Å². The number of allylic oxidation sites excluding steroid dienone is 1. The van der Waals surface area contributed by atoms with Crippen molar-refractivity contribution in [2.75, 3.05) is 13.6 Å². The van der Waals surface area contributed by atoms with Crippen LogP contribution in [0.15, 0.2) is 23.8 Å². The van der Waals surface area contributed by atoms with Crippen molar-refractivity contribution in [1.82, 2.24) is 4.90 Å². The molecule has 1 amide bonds. The lowest BCUT2D eigenvalue weighted by atomic mass is 9.96. The number of aliphatic hydroxyl groups excluding tert-OH is 1. The van der Waals surface area contributed by atoms with Gasteiger partial charge in [0.2, 0.25) is 5.91 Å². The van der Waals surface area contributed by atoms with Gasteiger partial charge in [-0.05, 0) is 52.4 Å². The number of hydrogen-bond acceptors (Lipinski definition) is 2. The Hall–Kier alpha value is -1.09. The Bertz CT molecular complexity index is 347. The molecule has 0 aromatic rings. The minimum Gasteiger partial charge on any atom is -0.389 e. The molecule has 0 rings (SSSR count). The zero-order valence-corrected chi connectivity index (χ0v) is 13.8. The molecular formula is C17H31NO2. The van der Waals surface area contributed by atoms with E-state index in [9.17, 15) is 9.90 Å². The normalized spacial score (nSPS) is 14.8. The molecule has 3 nitrogen and oxygen atoms in total. The van der Waals surface area contributed by atoms with Crippen molar-refractivity contribution in [1.29, 1.82) is 0 Å². The molecule has 2 atom stereocenters. The highest BCUT2D eigenvalue weighted by atomic mass is 16.3. The largest absolute Gasteiger partial charge is 0.389 e. The van der Waals surface area contributed by atoms with E-state index in [2.05, 4.69) is 13.5 Å². The number of amides is 1. The first-order valence-corrected chi connectivity index (χ1v) is 7.51. The lowest BCUT2D eigenvalue weighted by Gasteiger charge is -2.19. The van der Waals surface area contributed by atoms with Crippen LogP contribution in [0.1, 0.15) is 53.4 Å². The van der Waals surface area contributed by atoms with E-state index in [0.29, 0.717) is 5.92 Å². The lowest BCUT2D eigenvalue weighted by Crippen LogP contribution is -2.28. The molecule has 116 valence electrons. The summed E-state index contributed by atoms with van der Waals surface area (Å²) in [4.78, 5) is 13.6. The van der Waals surface area contributed by atoms with Crippen molar-refractivity contribution in [3.63, 3.8) is 0 Å². The summed E-state index contributed by atoms with van der Waals surface area (Å²) in [5, 5.41) is 9.69. The third kappa shape index (κ3) is 7.49. The predicted molar refractivity (Wildman–Crippen MR) is 85.5 cm³/mol. The fraction of sp³-hybridized carbons (Fsp3) is 0.706. The van der Waals surface area contributed by atoms with Crippen LogP contribution in [0.5, 0.6) is 0 Å². The summed E-state index contributed by atoms with van der Waals surface area (Å²) in [5.41, 5.74) is 1.63. The Morgan fingerprint density at radius 3 is 2.40 bits per heavy atom. The summed E-state index contributed by atoms with van der Waals surface area (Å²) in [7, 11) is 1.85. The van der Waals surface area contributed by atoms with E-state index >= 15 is 0 Å². The Labute approximate surface area is 124 Å². The first-order valence-electron chi connectivity index (χ1n) is 7.51. The minimum absolute atomic E-state index is 0.109. The van der Waals surface area contributed by atoms with E-state index in [-0.39, 0.29) is 12.0 Å². The Morgan fingerprint density at radius 1 is 1.30 bits per heavy atom. The molecule has 1 unspecified atom stereocenters. The van der Waals surface area contributed by atoms with Crippen LogP contribution in [-0.4, -0.2) is 35.6 Å². The SMILES string of the molecule is C=C(C)C(O)CC[C@H](C)CCCN(C)C(=O)/C(C)=C\C. The highest BCUT2D eigenvalue weighted by Crippen LogP contribution is 2.16. The number of hydrogen-bond donors (Lipinski definition) is 1. The molecule has 0 saturated carbocycles. The van der Waals surface area contributed by atoms with Gasteiger partial charge in [-0.3, -0.25) is 4.79 Å². The number of likely N-dealkylation sites (N-methyl/N-ethyl adjacent to an activating group) is 1. The molecule has 1 N–H and O–H groups in total. The highest BCUT2D eigenvalue weighted by molar-refractivity contribution is 5.92. The molecule has 20 heavy (non-hydrogen) atoms. The van der Waals surface area contributed by atoms with E-state index in [1.165, 1.54) is 0 Å². The second-order valence-electron chi connectivity index (χ2n) is 5.89. The number of rotatable bonds is 9. The molecule has 0 heterocycles. The van der Waals surface area contributed by atoms with Crippen LogP contribution in [-0.2, 0) is 4.79 Å². The molecular weight excluding hydrogens is 250 g/mol. The summed E-state index contributed by atoms with van der Waals surface area (Å²) in [6.45, 7) is 12.3. The average Bonchev–Trinajstić information content (AvgIpc) is 2.42. The van der Waals surface area contributed by atoms with Crippen LogP contribution >= 0.6 is 0 Å². The highest BCUT2D eigenvalue weighted by Gasteiger charge is 2.11. The van der Waals surface area contributed by atoms with Crippen molar-refractivity contribution in [2.45, 2.75) is 59.5 Å². The fourth-order valence-corrected chi connectivity index (χ4v) is 2.04. The quantitative estimate of drug-likeness (QED) is 0.519. The molecule has 0 aromatic carbocycles. The van der Waals surface area contributed by atoms with Gasteiger partial charge < -0.3 is 10.0 Å². The van der Waals surface area contributed by atoms with Gasteiger partial charge in [-0.1, -0.05) is 25.2 Å². The van der Waals surface area contributed by atoms with Crippen molar-refractivity contribution in [3.8, 4) is 0 Å². The molecule has 0 saturated heterocycles. The summed E-state index contributed by atoms with van der Waals surface area (Å²) in [6, 6.07) is 0. The molecule has 0 aromatic heterocycles. The molecule has 0 bridgehead atoms. The lowest BCUT2D eigenvalue weighted by molar-refractivity contribution is -0.125. The third-order valence-electron chi connectivity index (χ3n) is 3.81. The van der Waals surface area contributed by atoms with Crippen LogP contribution in [0, 0.1) is 5.92 Å². The predicted octanol–water partition coefficient (Wildman–Crippen LogP) is 3.54. The standard InChI is InChI=1S/C17H31NO2/c1-7-15(5)17(20)18(6)12-8-9-14(4)10-11-16(19)13(2)3/h7,14,16,19H,2,8-12H2,1,3-6H3/b15-7-/t14-,16?/m1/s1. The van der Waals surface area contributed by atoms with Crippen LogP contribution < -0.4 is 0 Å². The second kappa shape index (κ2) is 9.76. The number of aliphatic hydroxyl groups is 1. The molecule has 3 heteroatoms. The van der Waals surface area contributed by atoms with Crippen molar-refractivity contribution >= 4 is 5.91 Å². The average molecular weight is 281 g/mol. The fourth-order valence-electron chi connectivity index (χ4n) is 2.04. The van der Waals surface area contributed by atoms with E-state index in [0.717, 1.165) is 43.4 Å². The van der Waals surface area contributed by atoms with Crippen molar-refractivity contribution in [2.24, 2.45) is 5.92 Å². The Balaban J connectivity index is 3.89. The van der Waals surface area contributed by atoms with Gasteiger partial charge in [-0.25, -0.2) is 0 Å². The van der Waals surface area contributed by atoms with Gasteiger partial charge in [0.05, 0.1) is 6.10 Å².